The number of hydrogen-bond donors (Lipinski definition) is 1. The molecule has 0 aliphatic carbocycles. The van der Waals surface area contributed by atoms with Gasteiger partial charge in [-0.1, -0.05) is 61.3 Å². The highest BCUT2D eigenvalue weighted by Gasteiger charge is 2.29. The quantitative estimate of drug-likeness (QED) is 0.547. The van der Waals surface area contributed by atoms with Crippen LogP contribution in [0.25, 0.3) is 0 Å². The predicted octanol–water partition coefficient (Wildman–Crippen LogP) is 5.09. The highest BCUT2D eigenvalue weighted by molar-refractivity contribution is 6.32. The number of para-hydroxylation sites is 1. The monoisotopic (exact) mass is 450 g/mol. The molecule has 0 fully saturated rings. The number of carbonyl (C=O) groups is 2. The van der Waals surface area contributed by atoms with E-state index in [9.17, 15) is 9.59 Å². The maximum absolute atomic E-state index is 13.1. The van der Waals surface area contributed by atoms with Crippen LogP contribution in [0.5, 0.6) is 5.75 Å². The summed E-state index contributed by atoms with van der Waals surface area (Å²) in [6.45, 7) is 5.88. The summed E-state index contributed by atoms with van der Waals surface area (Å²) in [6, 6.07) is 13.6. The van der Waals surface area contributed by atoms with Gasteiger partial charge in [-0.25, -0.2) is 0 Å². The van der Waals surface area contributed by atoms with Crippen molar-refractivity contribution in [2.75, 3.05) is 6.61 Å². The topological polar surface area (TPSA) is 58.6 Å². The van der Waals surface area contributed by atoms with Gasteiger partial charge in [-0.3, -0.25) is 9.59 Å². The fourth-order valence-electron chi connectivity index (χ4n) is 2.93. The molecule has 162 valence electrons. The summed E-state index contributed by atoms with van der Waals surface area (Å²) >= 11 is 12.1. The summed E-state index contributed by atoms with van der Waals surface area (Å²) in [5.41, 5.74) is 0.875. The lowest BCUT2D eigenvalue weighted by Crippen LogP contribution is -2.51. The van der Waals surface area contributed by atoms with E-state index in [1.54, 1.807) is 41.3 Å². The minimum Gasteiger partial charge on any atom is -0.482 e. The average Bonchev–Trinajstić information content (AvgIpc) is 2.74. The van der Waals surface area contributed by atoms with Crippen molar-refractivity contribution < 1.29 is 14.3 Å². The lowest BCUT2D eigenvalue weighted by molar-refractivity contribution is -0.143. The molecular weight excluding hydrogens is 423 g/mol. The van der Waals surface area contributed by atoms with Crippen molar-refractivity contribution in [2.45, 2.75) is 52.2 Å². The first-order chi connectivity index (χ1) is 14.3. The fraction of sp³-hybridized carbons (Fsp3) is 0.391. The summed E-state index contributed by atoms with van der Waals surface area (Å²) in [5.74, 6) is -0.0426. The number of carbonyl (C=O) groups excluding carboxylic acids is 2. The molecule has 0 bridgehead atoms. The molecule has 0 aliphatic heterocycles. The molecule has 2 rings (SSSR count). The van der Waals surface area contributed by atoms with Crippen LogP contribution in [0.15, 0.2) is 48.5 Å². The number of halogens is 2. The van der Waals surface area contributed by atoms with E-state index in [2.05, 4.69) is 5.32 Å². The van der Waals surface area contributed by atoms with Gasteiger partial charge < -0.3 is 15.0 Å². The number of ether oxygens (including phenoxy) is 1. The average molecular weight is 451 g/mol. The van der Waals surface area contributed by atoms with Crippen LogP contribution in [0.1, 0.15) is 39.2 Å². The van der Waals surface area contributed by atoms with Crippen LogP contribution < -0.4 is 10.1 Å². The predicted molar refractivity (Wildman–Crippen MR) is 121 cm³/mol. The molecule has 0 heterocycles. The summed E-state index contributed by atoms with van der Waals surface area (Å²) in [6.07, 6.45) is 1.29. The number of amides is 2. The minimum absolute atomic E-state index is 0.0263. The number of hydrogen-bond acceptors (Lipinski definition) is 3. The SMILES string of the molecule is CC[C@@H](C)NC(=O)[C@@H](CC)N(Cc1ccc(Cl)cc1)C(=O)COc1ccccc1Cl. The van der Waals surface area contributed by atoms with E-state index in [0.29, 0.717) is 22.2 Å². The third kappa shape index (κ3) is 6.92. The number of rotatable bonds is 10. The standard InChI is InChI=1S/C23H28Cl2N2O3/c1-4-16(3)26-23(29)20(5-2)27(14-17-10-12-18(24)13-11-17)22(28)15-30-21-9-7-6-8-19(21)25/h6-13,16,20H,4-5,14-15H2,1-3H3,(H,26,29)/t16-,20-/m1/s1. The van der Waals surface area contributed by atoms with Crippen molar-refractivity contribution in [3.8, 4) is 5.75 Å². The zero-order valence-electron chi connectivity index (χ0n) is 17.5. The second-order valence-corrected chi connectivity index (χ2v) is 7.95. The first-order valence-corrected chi connectivity index (χ1v) is 10.8. The molecular formula is C23H28Cl2N2O3. The van der Waals surface area contributed by atoms with Gasteiger partial charge in [0.15, 0.2) is 6.61 Å². The van der Waals surface area contributed by atoms with Gasteiger partial charge in [-0.05, 0) is 49.6 Å². The van der Waals surface area contributed by atoms with Crippen LogP contribution in [0, 0.1) is 0 Å². The Kier molecular flexibility index (Phi) is 9.47. The highest BCUT2D eigenvalue weighted by Crippen LogP contribution is 2.23. The molecule has 0 unspecified atom stereocenters. The van der Waals surface area contributed by atoms with Crippen LogP contribution in [0.3, 0.4) is 0 Å². The highest BCUT2D eigenvalue weighted by atomic mass is 35.5. The van der Waals surface area contributed by atoms with Gasteiger partial charge in [0.1, 0.15) is 11.8 Å². The Morgan fingerprint density at radius 2 is 1.70 bits per heavy atom. The van der Waals surface area contributed by atoms with Crippen molar-refractivity contribution >= 4 is 35.0 Å². The van der Waals surface area contributed by atoms with Crippen molar-refractivity contribution in [3.63, 3.8) is 0 Å². The maximum atomic E-state index is 13.1. The molecule has 5 nitrogen and oxygen atoms in total. The molecule has 0 aliphatic rings. The van der Waals surface area contributed by atoms with Crippen molar-refractivity contribution in [1.82, 2.24) is 10.2 Å². The third-order valence-corrected chi connectivity index (χ3v) is 5.41. The largest absolute Gasteiger partial charge is 0.482 e. The zero-order valence-corrected chi connectivity index (χ0v) is 19.0. The Morgan fingerprint density at radius 1 is 1.03 bits per heavy atom. The normalized spacial score (nSPS) is 12.7. The molecule has 2 amide bonds. The molecule has 0 radical (unpaired) electrons. The van der Waals surface area contributed by atoms with Crippen LogP contribution in [-0.2, 0) is 16.1 Å². The van der Waals surface area contributed by atoms with Crippen molar-refractivity contribution in [1.29, 1.82) is 0 Å². The van der Waals surface area contributed by atoms with Crippen LogP contribution in [-0.4, -0.2) is 35.4 Å². The summed E-state index contributed by atoms with van der Waals surface area (Å²) in [7, 11) is 0. The van der Waals surface area contributed by atoms with Crippen molar-refractivity contribution in [2.24, 2.45) is 0 Å². The summed E-state index contributed by atoms with van der Waals surface area (Å²) < 4.78 is 5.64. The zero-order chi connectivity index (χ0) is 22.1. The van der Waals surface area contributed by atoms with Crippen molar-refractivity contribution in [3.05, 3.63) is 64.1 Å². The van der Waals surface area contributed by atoms with E-state index in [0.717, 1.165) is 12.0 Å². The first-order valence-electron chi connectivity index (χ1n) is 10.1. The van der Waals surface area contributed by atoms with Gasteiger partial charge in [0, 0.05) is 17.6 Å². The Bertz CT molecular complexity index is 843. The summed E-state index contributed by atoms with van der Waals surface area (Å²) in [4.78, 5) is 27.5. The lowest BCUT2D eigenvalue weighted by Gasteiger charge is -2.31. The van der Waals surface area contributed by atoms with Gasteiger partial charge in [0.2, 0.25) is 5.91 Å². The Morgan fingerprint density at radius 3 is 2.30 bits per heavy atom. The molecule has 2 atom stereocenters. The van der Waals surface area contributed by atoms with E-state index < -0.39 is 6.04 Å². The van der Waals surface area contributed by atoms with Gasteiger partial charge in [-0.15, -0.1) is 0 Å². The van der Waals surface area contributed by atoms with Gasteiger partial charge in [0.05, 0.1) is 5.02 Å². The lowest BCUT2D eigenvalue weighted by atomic mass is 10.1. The van der Waals surface area contributed by atoms with Gasteiger partial charge >= 0.3 is 0 Å². The molecule has 30 heavy (non-hydrogen) atoms. The Labute approximate surface area is 188 Å². The second-order valence-electron chi connectivity index (χ2n) is 7.11. The van der Waals surface area contributed by atoms with E-state index in [1.807, 2.05) is 32.9 Å². The van der Waals surface area contributed by atoms with E-state index in [4.69, 9.17) is 27.9 Å². The molecule has 1 N–H and O–H groups in total. The smallest absolute Gasteiger partial charge is 0.261 e. The first kappa shape index (κ1) is 24.0. The van der Waals surface area contributed by atoms with Gasteiger partial charge in [0.25, 0.3) is 5.91 Å². The number of nitrogens with zero attached hydrogens (tertiary/aromatic N) is 1. The maximum Gasteiger partial charge on any atom is 0.261 e. The molecule has 0 saturated carbocycles. The second kappa shape index (κ2) is 11.8. The van der Waals surface area contributed by atoms with E-state index in [-0.39, 0.29) is 31.0 Å². The molecule has 2 aromatic carbocycles. The molecule has 0 aromatic heterocycles. The van der Waals surface area contributed by atoms with Crippen LogP contribution in [0.4, 0.5) is 0 Å². The van der Waals surface area contributed by atoms with E-state index in [1.165, 1.54) is 0 Å². The molecule has 0 spiro atoms. The third-order valence-electron chi connectivity index (χ3n) is 4.84. The number of benzene rings is 2. The fourth-order valence-corrected chi connectivity index (χ4v) is 3.25. The van der Waals surface area contributed by atoms with Gasteiger partial charge in [-0.2, -0.15) is 0 Å². The van der Waals surface area contributed by atoms with Crippen LogP contribution >= 0.6 is 23.2 Å². The van der Waals surface area contributed by atoms with E-state index >= 15 is 0 Å². The summed E-state index contributed by atoms with van der Waals surface area (Å²) in [5, 5.41) is 4.02. The number of nitrogens with one attached hydrogen (secondary N) is 1. The Hall–Kier alpha value is -2.24. The minimum atomic E-state index is -0.614. The Balaban J connectivity index is 2.21. The van der Waals surface area contributed by atoms with Crippen LogP contribution in [0.2, 0.25) is 10.0 Å². The molecule has 2 aromatic rings. The molecule has 0 saturated heterocycles. The molecule has 7 heteroatoms.